The van der Waals surface area contributed by atoms with Crippen LogP contribution in [0.2, 0.25) is 0 Å². The highest BCUT2D eigenvalue weighted by atomic mass is 35.6. The van der Waals surface area contributed by atoms with Crippen LogP contribution in [0.25, 0.3) is 12.2 Å². The molecular weight excluding hydrogens is 471 g/mol. The molecule has 0 radical (unpaired) electrons. The maximum atomic E-state index is 5.86. The first-order chi connectivity index (χ1) is 12.6. The second kappa shape index (κ2) is 9.96. The van der Waals surface area contributed by atoms with Gasteiger partial charge in [0.2, 0.25) is 7.59 Å². The second-order valence-electron chi connectivity index (χ2n) is 5.87. The van der Waals surface area contributed by atoms with Crippen LogP contribution >= 0.6 is 69.6 Å². The lowest BCUT2D eigenvalue weighted by molar-refractivity contribution is 0.717. The number of aromatic nitrogens is 3. The lowest BCUT2D eigenvalue weighted by Crippen LogP contribution is -2.16. The number of halogens is 6. The zero-order valence-electron chi connectivity index (χ0n) is 14.4. The van der Waals surface area contributed by atoms with E-state index in [0.29, 0.717) is 0 Å². The molecule has 0 aliphatic heterocycles. The summed E-state index contributed by atoms with van der Waals surface area (Å²) in [4.78, 5) is 12.2. The van der Waals surface area contributed by atoms with E-state index in [-0.39, 0.29) is 17.5 Å². The van der Waals surface area contributed by atoms with Gasteiger partial charge in [0.25, 0.3) is 0 Å². The highest BCUT2D eigenvalue weighted by Gasteiger charge is 2.33. The van der Waals surface area contributed by atoms with E-state index in [4.69, 9.17) is 69.6 Å². The molecule has 3 nitrogen and oxygen atoms in total. The largest absolute Gasteiger partial charge is 0.250 e. The van der Waals surface area contributed by atoms with Gasteiger partial charge in [-0.15, -0.1) is 0 Å². The summed E-state index contributed by atoms with van der Waals surface area (Å²) in [6.07, 6.45) is 8.18. The molecule has 0 fully saturated rings. The number of rotatable bonds is 6. The van der Waals surface area contributed by atoms with E-state index in [1.807, 2.05) is 18.2 Å². The zero-order chi connectivity index (χ0) is 20.1. The maximum Gasteiger partial charge on any atom is 0.250 e. The van der Waals surface area contributed by atoms with Gasteiger partial charge in [0.15, 0.2) is 17.5 Å². The van der Waals surface area contributed by atoms with Gasteiger partial charge < -0.3 is 0 Å². The van der Waals surface area contributed by atoms with Crippen LogP contribution in [0.4, 0.5) is 0 Å². The minimum absolute atomic E-state index is 0.116. The third kappa shape index (κ3) is 7.56. The monoisotopic (exact) mass is 485 g/mol. The van der Waals surface area contributed by atoms with Gasteiger partial charge in [0.05, 0.1) is 0 Å². The van der Waals surface area contributed by atoms with Crippen molar-refractivity contribution in [3.05, 3.63) is 52.9 Å². The summed E-state index contributed by atoms with van der Waals surface area (Å²) in [5.74, 6) is -0.0100. The third-order valence-corrected chi connectivity index (χ3v) is 4.65. The van der Waals surface area contributed by atoms with E-state index in [0.717, 1.165) is 12.0 Å². The normalized spacial score (nSPS) is 12.7. The molecule has 2 aromatic rings. The van der Waals surface area contributed by atoms with E-state index >= 15 is 0 Å². The van der Waals surface area contributed by atoms with Gasteiger partial charge in [-0.1, -0.05) is 120 Å². The van der Waals surface area contributed by atoms with Crippen molar-refractivity contribution in [2.75, 3.05) is 0 Å². The van der Waals surface area contributed by atoms with Crippen LogP contribution in [0.3, 0.4) is 0 Å². The van der Waals surface area contributed by atoms with Crippen molar-refractivity contribution < 1.29 is 0 Å². The molecule has 0 bridgehead atoms. The number of hydrogen-bond donors (Lipinski definition) is 0. The topological polar surface area (TPSA) is 38.7 Å². The predicted molar refractivity (Wildman–Crippen MR) is 117 cm³/mol. The highest BCUT2D eigenvalue weighted by molar-refractivity contribution is 6.67. The lowest BCUT2D eigenvalue weighted by atomic mass is 10.1. The fourth-order valence-electron chi connectivity index (χ4n) is 2.27. The molecule has 0 saturated heterocycles. The molecule has 0 atom stereocenters. The molecule has 27 heavy (non-hydrogen) atoms. The van der Waals surface area contributed by atoms with Crippen LogP contribution in [-0.4, -0.2) is 15.0 Å². The number of hydrogen-bond acceptors (Lipinski definition) is 3. The predicted octanol–water partition coefficient (Wildman–Crippen LogP) is 7.43. The summed E-state index contributed by atoms with van der Waals surface area (Å²) in [6.45, 7) is 2.19. The minimum atomic E-state index is -1.86. The first kappa shape index (κ1) is 23.0. The van der Waals surface area contributed by atoms with Crippen LogP contribution in [0.5, 0.6) is 0 Å². The minimum Gasteiger partial charge on any atom is -0.209 e. The molecule has 0 amide bonds. The van der Waals surface area contributed by atoms with Crippen molar-refractivity contribution in [3.8, 4) is 0 Å². The second-order valence-corrected chi connectivity index (χ2v) is 10.4. The van der Waals surface area contributed by atoms with Gasteiger partial charge in [-0.25, -0.2) is 15.0 Å². The average molecular weight is 488 g/mol. The van der Waals surface area contributed by atoms with Gasteiger partial charge in [-0.2, -0.15) is 0 Å². The Morgan fingerprint density at radius 1 is 0.778 bits per heavy atom. The van der Waals surface area contributed by atoms with Gasteiger partial charge in [-0.3, -0.25) is 0 Å². The van der Waals surface area contributed by atoms with Crippen molar-refractivity contribution in [2.24, 2.45) is 0 Å². The van der Waals surface area contributed by atoms with E-state index in [2.05, 4.69) is 34.0 Å². The van der Waals surface area contributed by atoms with Crippen molar-refractivity contribution in [3.63, 3.8) is 0 Å². The van der Waals surface area contributed by atoms with Crippen LogP contribution in [0.1, 0.15) is 54.8 Å². The number of benzene rings is 1. The van der Waals surface area contributed by atoms with Crippen LogP contribution < -0.4 is 0 Å². The Labute approximate surface area is 189 Å². The zero-order valence-corrected chi connectivity index (χ0v) is 18.9. The summed E-state index contributed by atoms with van der Waals surface area (Å²) in [5, 5.41) is 0. The van der Waals surface area contributed by atoms with Crippen LogP contribution in [0, 0.1) is 0 Å². The smallest absolute Gasteiger partial charge is 0.209 e. The van der Waals surface area contributed by atoms with E-state index in [1.54, 1.807) is 6.08 Å². The fraction of sp³-hybridized carbons (Fsp3) is 0.389. The van der Waals surface area contributed by atoms with E-state index in [1.165, 1.54) is 24.8 Å². The lowest BCUT2D eigenvalue weighted by Gasteiger charge is -2.14. The Kier molecular flexibility index (Phi) is 8.48. The molecule has 1 aromatic heterocycles. The molecule has 2 rings (SSSR count). The Morgan fingerprint density at radius 2 is 1.33 bits per heavy atom. The molecule has 146 valence electrons. The molecule has 0 saturated carbocycles. The van der Waals surface area contributed by atoms with Crippen molar-refractivity contribution in [1.29, 1.82) is 0 Å². The quantitative estimate of drug-likeness (QED) is 0.314. The van der Waals surface area contributed by atoms with Crippen molar-refractivity contribution in [2.45, 2.75) is 40.2 Å². The Morgan fingerprint density at radius 3 is 1.81 bits per heavy atom. The van der Waals surface area contributed by atoms with E-state index < -0.39 is 7.59 Å². The Balaban J connectivity index is 2.22. The number of aryl methyl sites for hydroxylation is 1. The standard InChI is InChI=1S/C18H17Cl6N3/c1-2-3-4-5-12-6-8-13(9-7-12)10-11-14-25-15(17(19,20)21)27-16(26-14)18(22,23)24/h6-11H,2-5H2,1H3. The SMILES string of the molecule is CCCCCc1ccc(C=Cc2nc(C(Cl)(Cl)Cl)nc(C(Cl)(Cl)Cl)n2)cc1. The molecule has 0 spiro atoms. The molecule has 1 heterocycles. The van der Waals surface area contributed by atoms with Crippen LogP contribution in [-0.2, 0) is 14.0 Å². The summed E-state index contributed by atoms with van der Waals surface area (Å²) >= 11 is 35.2. The van der Waals surface area contributed by atoms with Crippen LogP contribution in [0.15, 0.2) is 24.3 Å². The van der Waals surface area contributed by atoms with Gasteiger partial charge in [0, 0.05) is 0 Å². The summed E-state index contributed by atoms with van der Waals surface area (Å²) in [6, 6.07) is 8.24. The average Bonchev–Trinajstić information content (AvgIpc) is 2.59. The number of nitrogens with zero attached hydrogens (tertiary/aromatic N) is 3. The van der Waals surface area contributed by atoms with Crippen molar-refractivity contribution in [1.82, 2.24) is 15.0 Å². The first-order valence-electron chi connectivity index (χ1n) is 8.27. The Bertz CT molecular complexity index is 747. The van der Waals surface area contributed by atoms with Gasteiger partial charge in [-0.05, 0) is 30.0 Å². The molecule has 1 aromatic carbocycles. The van der Waals surface area contributed by atoms with Crippen molar-refractivity contribution >= 4 is 81.8 Å². The fourth-order valence-corrected chi connectivity index (χ4v) is 2.77. The van der Waals surface area contributed by atoms with Gasteiger partial charge in [0.1, 0.15) is 0 Å². The Hall–Kier alpha value is -0.290. The molecule has 0 N–H and O–H groups in total. The summed E-state index contributed by atoms with van der Waals surface area (Å²) < 4.78 is -3.73. The van der Waals surface area contributed by atoms with Gasteiger partial charge >= 0.3 is 0 Å². The summed E-state index contributed by atoms with van der Waals surface area (Å²) in [5.41, 5.74) is 2.28. The third-order valence-electron chi connectivity index (χ3n) is 3.63. The highest BCUT2D eigenvalue weighted by Crippen LogP contribution is 2.39. The maximum absolute atomic E-state index is 5.86. The first-order valence-corrected chi connectivity index (χ1v) is 10.5. The summed E-state index contributed by atoms with van der Waals surface area (Å²) in [7, 11) is 0. The molecular formula is C18H17Cl6N3. The molecule has 0 aliphatic rings. The van der Waals surface area contributed by atoms with E-state index in [9.17, 15) is 0 Å². The molecule has 0 unspecified atom stereocenters. The number of alkyl halides is 6. The molecule has 0 aliphatic carbocycles. The molecule has 9 heteroatoms. The number of unbranched alkanes of at least 4 members (excludes halogenated alkanes) is 2.